The monoisotopic (exact) mass is 359 g/mol. The number of nitrogens with one attached hydrogen (secondary N) is 1. The van der Waals surface area contributed by atoms with E-state index in [1.807, 2.05) is 12.1 Å². The third-order valence-corrected chi connectivity index (χ3v) is 5.42. The largest absolute Gasteiger partial charge is 0.497 e. The van der Waals surface area contributed by atoms with E-state index in [-0.39, 0.29) is 11.9 Å². The standard InChI is InChI=1S/C19H25N3O2S/c1-21-8-10-22(11-9-21)18(16-7-12-25-14-16)13-20-19(23)15-3-5-17(24-2)6-4-15/h3-7,12,14,18H,8-11,13H2,1-2H3,(H,20,23). The fourth-order valence-electron chi connectivity index (χ4n) is 3.09. The topological polar surface area (TPSA) is 44.8 Å². The molecule has 25 heavy (non-hydrogen) atoms. The van der Waals surface area contributed by atoms with Crippen LogP contribution in [0.1, 0.15) is 22.0 Å². The minimum absolute atomic E-state index is 0.0444. The second-order valence-corrected chi connectivity index (χ2v) is 7.13. The molecule has 3 rings (SSSR count). The zero-order valence-electron chi connectivity index (χ0n) is 14.8. The number of likely N-dealkylation sites (N-methyl/N-ethyl adjacent to an activating group) is 1. The van der Waals surface area contributed by atoms with Crippen molar-refractivity contribution in [2.24, 2.45) is 0 Å². The van der Waals surface area contributed by atoms with E-state index in [2.05, 4.69) is 39.0 Å². The van der Waals surface area contributed by atoms with Crippen LogP contribution in [-0.4, -0.2) is 62.6 Å². The van der Waals surface area contributed by atoms with Crippen LogP contribution in [0.2, 0.25) is 0 Å². The molecule has 1 atom stereocenters. The number of carbonyl (C=O) groups excluding carboxylic acids is 1. The highest BCUT2D eigenvalue weighted by Gasteiger charge is 2.24. The van der Waals surface area contributed by atoms with Crippen LogP contribution < -0.4 is 10.1 Å². The summed E-state index contributed by atoms with van der Waals surface area (Å²) < 4.78 is 5.14. The van der Waals surface area contributed by atoms with Gasteiger partial charge in [0.15, 0.2) is 0 Å². The quantitative estimate of drug-likeness (QED) is 0.861. The molecule has 1 aromatic heterocycles. The lowest BCUT2D eigenvalue weighted by atomic mass is 10.1. The van der Waals surface area contributed by atoms with Crippen LogP contribution in [0.5, 0.6) is 5.75 Å². The van der Waals surface area contributed by atoms with Crippen LogP contribution in [0.25, 0.3) is 0 Å². The molecule has 1 aromatic carbocycles. The number of hydrogen-bond acceptors (Lipinski definition) is 5. The summed E-state index contributed by atoms with van der Waals surface area (Å²) in [5, 5.41) is 7.39. The van der Waals surface area contributed by atoms with Crippen LogP contribution in [0.15, 0.2) is 41.1 Å². The second-order valence-electron chi connectivity index (χ2n) is 6.35. The average molecular weight is 359 g/mol. The first kappa shape index (κ1) is 17.9. The number of rotatable bonds is 6. The summed E-state index contributed by atoms with van der Waals surface area (Å²) in [6.07, 6.45) is 0. The van der Waals surface area contributed by atoms with Crippen molar-refractivity contribution in [1.29, 1.82) is 0 Å². The predicted molar refractivity (Wildman–Crippen MR) is 101 cm³/mol. The van der Waals surface area contributed by atoms with E-state index in [0.717, 1.165) is 31.9 Å². The van der Waals surface area contributed by atoms with Crippen molar-refractivity contribution in [2.75, 3.05) is 46.9 Å². The van der Waals surface area contributed by atoms with Crippen molar-refractivity contribution in [1.82, 2.24) is 15.1 Å². The number of methoxy groups -OCH3 is 1. The Kier molecular flexibility index (Phi) is 6.07. The Labute approximate surface area is 153 Å². The van der Waals surface area contributed by atoms with Crippen molar-refractivity contribution < 1.29 is 9.53 Å². The summed E-state index contributed by atoms with van der Waals surface area (Å²) in [7, 11) is 3.78. The normalized spacial score (nSPS) is 17.2. The summed E-state index contributed by atoms with van der Waals surface area (Å²) >= 11 is 1.70. The maximum Gasteiger partial charge on any atom is 0.251 e. The van der Waals surface area contributed by atoms with Crippen LogP contribution in [0.4, 0.5) is 0 Å². The molecule has 1 saturated heterocycles. The van der Waals surface area contributed by atoms with E-state index in [0.29, 0.717) is 12.1 Å². The molecule has 2 aromatic rings. The molecule has 1 unspecified atom stereocenters. The zero-order valence-corrected chi connectivity index (χ0v) is 15.6. The molecule has 1 fully saturated rings. The number of amides is 1. The molecule has 6 heteroatoms. The Morgan fingerprint density at radius 1 is 1.20 bits per heavy atom. The van der Waals surface area contributed by atoms with Gasteiger partial charge in [0.05, 0.1) is 13.2 Å². The van der Waals surface area contributed by atoms with Gasteiger partial charge in [-0.3, -0.25) is 9.69 Å². The smallest absolute Gasteiger partial charge is 0.251 e. The lowest BCUT2D eigenvalue weighted by Gasteiger charge is -2.38. The van der Waals surface area contributed by atoms with Gasteiger partial charge in [0, 0.05) is 38.3 Å². The molecule has 0 radical (unpaired) electrons. The number of hydrogen-bond donors (Lipinski definition) is 1. The number of piperazine rings is 1. The summed E-state index contributed by atoms with van der Waals surface area (Å²) in [5.74, 6) is 0.710. The van der Waals surface area contributed by atoms with Gasteiger partial charge >= 0.3 is 0 Å². The van der Waals surface area contributed by atoms with Crippen molar-refractivity contribution in [3.63, 3.8) is 0 Å². The summed E-state index contributed by atoms with van der Waals surface area (Å²) in [4.78, 5) is 17.3. The molecule has 5 nitrogen and oxygen atoms in total. The minimum Gasteiger partial charge on any atom is -0.497 e. The van der Waals surface area contributed by atoms with Gasteiger partial charge in [-0.15, -0.1) is 0 Å². The van der Waals surface area contributed by atoms with Gasteiger partial charge in [-0.1, -0.05) is 0 Å². The Morgan fingerprint density at radius 2 is 1.92 bits per heavy atom. The molecule has 2 heterocycles. The number of ether oxygens (including phenoxy) is 1. The number of carbonyl (C=O) groups is 1. The lowest BCUT2D eigenvalue weighted by Crippen LogP contribution is -2.48. The molecule has 134 valence electrons. The fourth-order valence-corrected chi connectivity index (χ4v) is 3.80. The Hall–Kier alpha value is -1.89. The van der Waals surface area contributed by atoms with E-state index in [4.69, 9.17) is 4.74 Å². The zero-order chi connectivity index (χ0) is 17.6. The maximum atomic E-state index is 12.5. The first-order valence-corrected chi connectivity index (χ1v) is 9.48. The highest BCUT2D eigenvalue weighted by molar-refractivity contribution is 7.07. The van der Waals surface area contributed by atoms with E-state index in [1.165, 1.54) is 5.56 Å². The SMILES string of the molecule is COc1ccc(C(=O)NCC(c2ccsc2)N2CCN(C)CC2)cc1. The van der Waals surface area contributed by atoms with Crippen molar-refractivity contribution in [3.05, 3.63) is 52.2 Å². The molecular formula is C19H25N3O2S. The fraction of sp³-hybridized carbons (Fsp3) is 0.421. The van der Waals surface area contributed by atoms with Crippen molar-refractivity contribution in [2.45, 2.75) is 6.04 Å². The van der Waals surface area contributed by atoms with Crippen molar-refractivity contribution >= 4 is 17.2 Å². The summed E-state index contributed by atoms with van der Waals surface area (Å²) in [6, 6.07) is 9.60. The van der Waals surface area contributed by atoms with Gasteiger partial charge < -0.3 is 15.0 Å². The first-order valence-electron chi connectivity index (χ1n) is 8.54. The molecule has 0 spiro atoms. The van der Waals surface area contributed by atoms with E-state index in [9.17, 15) is 4.79 Å². The second kappa shape index (κ2) is 8.47. The van der Waals surface area contributed by atoms with Gasteiger partial charge in [-0.05, 0) is 53.7 Å². The summed E-state index contributed by atoms with van der Waals surface area (Å²) in [5.41, 5.74) is 1.94. The van der Waals surface area contributed by atoms with Crippen molar-refractivity contribution in [3.8, 4) is 5.75 Å². The highest BCUT2D eigenvalue weighted by atomic mass is 32.1. The Morgan fingerprint density at radius 3 is 2.52 bits per heavy atom. The third kappa shape index (κ3) is 4.60. The molecule has 1 N–H and O–H groups in total. The van der Waals surface area contributed by atoms with Crippen LogP contribution in [0, 0.1) is 0 Å². The van der Waals surface area contributed by atoms with Gasteiger partial charge in [0.2, 0.25) is 0 Å². The van der Waals surface area contributed by atoms with Gasteiger partial charge in [-0.2, -0.15) is 11.3 Å². The Bertz CT molecular complexity index is 664. The van der Waals surface area contributed by atoms with Gasteiger partial charge in [0.1, 0.15) is 5.75 Å². The molecule has 1 aliphatic rings. The van der Waals surface area contributed by atoms with E-state index < -0.39 is 0 Å². The molecule has 1 aliphatic heterocycles. The number of thiophene rings is 1. The molecule has 0 saturated carbocycles. The third-order valence-electron chi connectivity index (χ3n) is 4.71. The molecule has 0 aliphatic carbocycles. The molecule has 1 amide bonds. The average Bonchev–Trinajstić information content (AvgIpc) is 3.17. The highest BCUT2D eigenvalue weighted by Crippen LogP contribution is 2.24. The number of nitrogens with zero attached hydrogens (tertiary/aromatic N) is 2. The number of benzene rings is 1. The maximum absolute atomic E-state index is 12.5. The lowest BCUT2D eigenvalue weighted by molar-refractivity contribution is 0.0886. The van der Waals surface area contributed by atoms with Crippen LogP contribution >= 0.6 is 11.3 Å². The van der Waals surface area contributed by atoms with Crippen LogP contribution in [0.3, 0.4) is 0 Å². The Balaban J connectivity index is 1.64. The van der Waals surface area contributed by atoms with E-state index >= 15 is 0 Å². The molecular weight excluding hydrogens is 334 g/mol. The predicted octanol–water partition coefficient (Wildman–Crippen LogP) is 2.48. The van der Waals surface area contributed by atoms with E-state index in [1.54, 1.807) is 30.6 Å². The first-order chi connectivity index (χ1) is 12.2. The van der Waals surface area contributed by atoms with Crippen LogP contribution in [-0.2, 0) is 0 Å². The minimum atomic E-state index is -0.0444. The van der Waals surface area contributed by atoms with Gasteiger partial charge in [-0.25, -0.2) is 0 Å². The summed E-state index contributed by atoms with van der Waals surface area (Å²) in [6.45, 7) is 4.79. The van der Waals surface area contributed by atoms with Gasteiger partial charge in [0.25, 0.3) is 5.91 Å². The molecule has 0 bridgehead atoms.